The summed E-state index contributed by atoms with van der Waals surface area (Å²) in [6.07, 6.45) is 2.98. The van der Waals surface area contributed by atoms with Crippen LogP contribution in [-0.2, 0) is 0 Å². The standard InChI is InChI=1S/C8H4ClN3/c9-3-1-2-7-5-11-8(4-10)12-6-7/h5-6H,3H2. The van der Waals surface area contributed by atoms with Gasteiger partial charge in [-0.05, 0) is 0 Å². The van der Waals surface area contributed by atoms with Crippen molar-refractivity contribution < 1.29 is 0 Å². The summed E-state index contributed by atoms with van der Waals surface area (Å²) in [4.78, 5) is 7.46. The highest BCUT2D eigenvalue weighted by Crippen LogP contribution is 1.92. The molecule has 1 rings (SSSR count). The van der Waals surface area contributed by atoms with Crippen molar-refractivity contribution in [3.63, 3.8) is 0 Å². The first-order valence-electron chi connectivity index (χ1n) is 3.14. The molecule has 1 heterocycles. The fourth-order valence-corrected chi connectivity index (χ4v) is 0.653. The van der Waals surface area contributed by atoms with Gasteiger partial charge in [0.15, 0.2) is 0 Å². The minimum absolute atomic E-state index is 0.145. The fourth-order valence-electron chi connectivity index (χ4n) is 0.586. The summed E-state index contributed by atoms with van der Waals surface area (Å²) in [5, 5.41) is 8.37. The third-order valence-electron chi connectivity index (χ3n) is 1.05. The van der Waals surface area contributed by atoms with Crippen LogP contribution in [0.2, 0.25) is 0 Å². The van der Waals surface area contributed by atoms with Crippen LogP contribution >= 0.6 is 11.6 Å². The molecule has 0 amide bonds. The zero-order valence-corrected chi connectivity index (χ0v) is 6.84. The number of rotatable bonds is 0. The average molecular weight is 178 g/mol. The summed E-state index contributed by atoms with van der Waals surface area (Å²) in [6, 6.07) is 1.81. The summed E-state index contributed by atoms with van der Waals surface area (Å²) in [5.74, 6) is 5.81. The second kappa shape index (κ2) is 4.33. The molecule has 1 aromatic rings. The van der Waals surface area contributed by atoms with Crippen LogP contribution in [0, 0.1) is 23.2 Å². The Morgan fingerprint density at radius 2 is 2.08 bits per heavy atom. The lowest BCUT2D eigenvalue weighted by atomic mass is 10.3. The predicted octanol–water partition coefficient (Wildman–Crippen LogP) is 0.939. The lowest BCUT2D eigenvalue weighted by Crippen LogP contribution is -1.88. The Labute approximate surface area is 75.0 Å². The molecule has 4 heteroatoms. The summed E-state index contributed by atoms with van der Waals surface area (Å²) in [7, 11) is 0. The van der Waals surface area contributed by atoms with Crippen LogP contribution < -0.4 is 0 Å². The van der Waals surface area contributed by atoms with Crippen LogP contribution in [0.5, 0.6) is 0 Å². The Balaban J connectivity index is 2.87. The zero-order valence-electron chi connectivity index (χ0n) is 6.08. The summed E-state index contributed by atoms with van der Waals surface area (Å²) in [5.41, 5.74) is 0.662. The summed E-state index contributed by atoms with van der Waals surface area (Å²) >= 11 is 5.34. The maximum absolute atomic E-state index is 8.37. The van der Waals surface area contributed by atoms with E-state index in [1.54, 1.807) is 0 Å². The van der Waals surface area contributed by atoms with Crippen molar-refractivity contribution in [1.82, 2.24) is 9.97 Å². The maximum Gasteiger partial charge on any atom is 0.232 e. The van der Waals surface area contributed by atoms with Crippen LogP contribution in [0.4, 0.5) is 0 Å². The van der Waals surface area contributed by atoms with Gasteiger partial charge in [-0.2, -0.15) is 5.26 Å². The molecule has 0 aliphatic heterocycles. The van der Waals surface area contributed by atoms with Crippen molar-refractivity contribution >= 4 is 11.6 Å². The van der Waals surface area contributed by atoms with Crippen molar-refractivity contribution in [3.05, 3.63) is 23.8 Å². The normalized spacial score (nSPS) is 8.00. The molecule has 0 radical (unpaired) electrons. The van der Waals surface area contributed by atoms with Crippen LogP contribution in [0.25, 0.3) is 0 Å². The van der Waals surface area contributed by atoms with Gasteiger partial charge in [0, 0.05) is 12.4 Å². The summed E-state index contributed by atoms with van der Waals surface area (Å²) < 4.78 is 0. The molecular weight excluding hydrogens is 174 g/mol. The molecule has 0 aliphatic rings. The molecule has 0 bridgehead atoms. The molecular formula is C8H4ClN3. The van der Waals surface area contributed by atoms with Gasteiger partial charge in [0.05, 0.1) is 11.4 Å². The highest BCUT2D eigenvalue weighted by Gasteiger charge is 1.91. The van der Waals surface area contributed by atoms with Gasteiger partial charge in [-0.25, -0.2) is 9.97 Å². The number of alkyl halides is 1. The van der Waals surface area contributed by atoms with Gasteiger partial charge in [-0.15, -0.1) is 11.6 Å². The molecule has 0 aliphatic carbocycles. The average Bonchev–Trinajstić information content (AvgIpc) is 2.15. The zero-order chi connectivity index (χ0) is 8.81. The Hall–Kier alpha value is -1.58. The van der Waals surface area contributed by atoms with E-state index in [1.807, 2.05) is 6.07 Å². The molecule has 0 unspecified atom stereocenters. The van der Waals surface area contributed by atoms with Crippen molar-refractivity contribution in [2.45, 2.75) is 0 Å². The van der Waals surface area contributed by atoms with Crippen molar-refractivity contribution in [2.75, 3.05) is 5.88 Å². The van der Waals surface area contributed by atoms with Crippen LogP contribution in [0.15, 0.2) is 12.4 Å². The van der Waals surface area contributed by atoms with E-state index in [9.17, 15) is 0 Å². The highest BCUT2D eigenvalue weighted by molar-refractivity contribution is 6.19. The van der Waals surface area contributed by atoms with Gasteiger partial charge in [-0.3, -0.25) is 0 Å². The molecule has 0 fully saturated rings. The number of hydrogen-bond acceptors (Lipinski definition) is 3. The SMILES string of the molecule is N#Cc1ncc(C#CCCl)cn1. The van der Waals surface area contributed by atoms with E-state index in [-0.39, 0.29) is 11.7 Å². The number of hydrogen-bond donors (Lipinski definition) is 0. The van der Waals surface area contributed by atoms with Crippen LogP contribution in [0.3, 0.4) is 0 Å². The van der Waals surface area contributed by atoms with E-state index < -0.39 is 0 Å². The smallest absolute Gasteiger partial charge is 0.226 e. The fraction of sp³-hybridized carbons (Fsp3) is 0.125. The summed E-state index contributed by atoms with van der Waals surface area (Å²) in [6.45, 7) is 0. The quantitative estimate of drug-likeness (QED) is 0.438. The monoisotopic (exact) mass is 177 g/mol. The van der Waals surface area contributed by atoms with E-state index >= 15 is 0 Å². The number of halogens is 1. The lowest BCUT2D eigenvalue weighted by Gasteiger charge is -1.87. The molecule has 0 saturated heterocycles. The topological polar surface area (TPSA) is 49.6 Å². The van der Waals surface area contributed by atoms with Gasteiger partial charge in [0.2, 0.25) is 5.82 Å². The Bertz CT molecular complexity index is 353. The molecule has 12 heavy (non-hydrogen) atoms. The number of aromatic nitrogens is 2. The third-order valence-corrected chi connectivity index (χ3v) is 1.19. The third kappa shape index (κ3) is 2.23. The molecule has 0 atom stereocenters. The van der Waals surface area contributed by atoms with Crippen molar-refractivity contribution in [3.8, 4) is 17.9 Å². The first-order chi connectivity index (χ1) is 5.86. The Morgan fingerprint density at radius 3 is 2.58 bits per heavy atom. The molecule has 0 saturated carbocycles. The first kappa shape index (κ1) is 8.52. The maximum atomic E-state index is 8.37. The second-order valence-corrected chi connectivity index (χ2v) is 2.11. The first-order valence-corrected chi connectivity index (χ1v) is 3.67. The Kier molecular flexibility index (Phi) is 3.07. The minimum atomic E-state index is 0.145. The molecule has 1 aromatic heterocycles. The van der Waals surface area contributed by atoms with Gasteiger partial charge in [0.25, 0.3) is 0 Å². The van der Waals surface area contributed by atoms with Gasteiger partial charge >= 0.3 is 0 Å². The van der Waals surface area contributed by atoms with Crippen LogP contribution in [-0.4, -0.2) is 15.8 Å². The van der Waals surface area contributed by atoms with Gasteiger partial charge in [0.1, 0.15) is 6.07 Å². The van der Waals surface area contributed by atoms with Gasteiger partial charge < -0.3 is 0 Å². The van der Waals surface area contributed by atoms with Crippen molar-refractivity contribution in [1.29, 1.82) is 5.26 Å². The molecule has 0 N–H and O–H groups in total. The van der Waals surface area contributed by atoms with Gasteiger partial charge in [-0.1, -0.05) is 11.8 Å². The van der Waals surface area contributed by atoms with Crippen LogP contribution in [0.1, 0.15) is 11.4 Å². The number of nitriles is 1. The molecule has 58 valence electrons. The second-order valence-electron chi connectivity index (χ2n) is 1.84. The van der Waals surface area contributed by atoms with E-state index in [2.05, 4.69) is 21.8 Å². The predicted molar refractivity (Wildman–Crippen MR) is 44.3 cm³/mol. The van der Waals surface area contributed by atoms with E-state index in [1.165, 1.54) is 12.4 Å². The minimum Gasteiger partial charge on any atom is -0.226 e. The molecule has 0 spiro atoms. The number of nitrogens with zero attached hydrogens (tertiary/aromatic N) is 3. The van der Waals surface area contributed by atoms with E-state index in [4.69, 9.17) is 16.9 Å². The molecule has 0 aromatic carbocycles. The van der Waals surface area contributed by atoms with E-state index in [0.717, 1.165) is 0 Å². The lowest BCUT2D eigenvalue weighted by molar-refractivity contribution is 1.10. The molecule has 3 nitrogen and oxygen atoms in total. The Morgan fingerprint density at radius 1 is 1.42 bits per heavy atom. The highest BCUT2D eigenvalue weighted by atomic mass is 35.5. The van der Waals surface area contributed by atoms with Crippen molar-refractivity contribution in [2.24, 2.45) is 0 Å². The van der Waals surface area contributed by atoms with E-state index in [0.29, 0.717) is 5.56 Å². The largest absolute Gasteiger partial charge is 0.232 e.